The van der Waals surface area contributed by atoms with Gasteiger partial charge in [-0.05, 0) is 110 Å². The van der Waals surface area contributed by atoms with Gasteiger partial charge in [-0.15, -0.1) is 0 Å². The second-order valence-corrected chi connectivity index (χ2v) is 17.0. The first kappa shape index (κ1) is 43.5. The van der Waals surface area contributed by atoms with E-state index in [2.05, 4.69) is 47.4 Å². The van der Waals surface area contributed by atoms with Crippen LogP contribution in [0.25, 0.3) is 43.9 Å². The van der Waals surface area contributed by atoms with Crippen molar-refractivity contribution in [2.75, 3.05) is 25.3 Å². The highest BCUT2D eigenvalue weighted by Gasteiger charge is 2.43. The Kier molecular flexibility index (Phi) is 12.3. The van der Waals surface area contributed by atoms with Crippen LogP contribution in [0.15, 0.2) is 97.8 Å². The molecule has 0 unspecified atom stereocenters. The number of nitrogens with one attached hydrogen (secondary N) is 1. The van der Waals surface area contributed by atoms with Gasteiger partial charge in [-0.25, -0.2) is 29.9 Å². The fourth-order valence-electron chi connectivity index (χ4n) is 9.69. The molecule has 2 aliphatic rings. The molecule has 2 aliphatic carbocycles. The number of ether oxygens (including phenoxy) is 2. The summed E-state index contributed by atoms with van der Waals surface area (Å²) in [6.07, 6.45) is 7.59. The van der Waals surface area contributed by atoms with Crippen LogP contribution in [-0.4, -0.2) is 104 Å². The van der Waals surface area contributed by atoms with E-state index in [4.69, 9.17) is 15.2 Å². The fourth-order valence-corrected chi connectivity index (χ4v) is 9.69. The number of aryl methyl sites for hydroxylation is 2. The van der Waals surface area contributed by atoms with E-state index in [1.54, 1.807) is 26.4 Å². The highest BCUT2D eigenvalue weighted by Crippen LogP contribution is 2.42. The van der Waals surface area contributed by atoms with Gasteiger partial charge < -0.3 is 50.1 Å². The van der Waals surface area contributed by atoms with Gasteiger partial charge >= 0.3 is 0 Å². The molecule has 0 spiro atoms. The molecule has 6 aromatic heterocycles. The van der Waals surface area contributed by atoms with Gasteiger partial charge in [0.15, 0.2) is 0 Å². The fraction of sp³-hybridized carbons (Fsp3) is 0.354. The Hall–Kier alpha value is -6.79. The number of aromatic nitrogens is 8. The lowest BCUT2D eigenvalue weighted by atomic mass is 9.95. The summed E-state index contributed by atoms with van der Waals surface area (Å²) >= 11 is 0. The third-order valence-corrected chi connectivity index (χ3v) is 13.0. The smallest absolute Gasteiger partial charge is 0.225 e. The van der Waals surface area contributed by atoms with Crippen molar-refractivity contribution >= 4 is 61.4 Å². The lowest BCUT2D eigenvalue weighted by molar-refractivity contribution is -0.114. The molecule has 1 amide bonds. The molecule has 7 N–H and O–H groups in total. The minimum atomic E-state index is -0.889. The van der Waals surface area contributed by atoms with Crippen LogP contribution < -0.4 is 20.5 Å². The summed E-state index contributed by atoms with van der Waals surface area (Å²) in [5, 5.41) is 49.5. The van der Waals surface area contributed by atoms with Crippen LogP contribution in [-0.2, 0) is 17.6 Å². The van der Waals surface area contributed by atoms with Gasteiger partial charge in [0.25, 0.3) is 0 Å². The molecule has 0 saturated heterocycles. The second-order valence-electron chi connectivity index (χ2n) is 17.0. The van der Waals surface area contributed by atoms with Crippen molar-refractivity contribution in [1.29, 1.82) is 0 Å². The minimum absolute atomic E-state index is 0.0225. The number of nitrogen functional groups attached to an aromatic ring is 1. The number of anilines is 2. The Morgan fingerprint density at radius 1 is 0.662 bits per heavy atom. The van der Waals surface area contributed by atoms with E-state index in [-0.39, 0.29) is 29.8 Å². The molecule has 0 radical (unpaired) electrons. The highest BCUT2D eigenvalue weighted by atomic mass is 16.5. The summed E-state index contributed by atoms with van der Waals surface area (Å²) in [6.45, 7) is 1.46. The first-order valence-electron chi connectivity index (χ1n) is 21.8. The van der Waals surface area contributed by atoms with Crippen molar-refractivity contribution in [1.82, 2.24) is 39.0 Å². The molecule has 65 heavy (non-hydrogen) atoms. The molecule has 10 rings (SSSR count). The Morgan fingerprint density at radius 3 is 1.63 bits per heavy atom. The highest BCUT2D eigenvalue weighted by molar-refractivity contribution is 5.90. The molecule has 17 heteroatoms. The van der Waals surface area contributed by atoms with Gasteiger partial charge in [0, 0.05) is 30.1 Å². The van der Waals surface area contributed by atoms with E-state index < -0.39 is 24.4 Å². The van der Waals surface area contributed by atoms with E-state index in [0.29, 0.717) is 47.5 Å². The molecule has 336 valence electrons. The molecule has 0 aliphatic heterocycles. The van der Waals surface area contributed by atoms with Gasteiger partial charge in [-0.2, -0.15) is 0 Å². The quantitative estimate of drug-likeness (QED) is 0.0961. The Labute approximate surface area is 374 Å². The zero-order chi connectivity index (χ0) is 45.4. The number of carbonyl (C=O) groups is 1. The number of rotatable bonds is 11. The summed E-state index contributed by atoms with van der Waals surface area (Å²) in [5.41, 5.74) is 11.1. The maximum Gasteiger partial charge on any atom is 0.225 e. The van der Waals surface area contributed by atoms with E-state index in [1.165, 1.54) is 19.6 Å². The maximum atomic E-state index is 11.3. The molecule has 8 atom stereocenters. The first-order chi connectivity index (χ1) is 31.5. The van der Waals surface area contributed by atoms with Crippen molar-refractivity contribution in [3.8, 4) is 11.8 Å². The maximum absolute atomic E-state index is 11.3. The zero-order valence-corrected chi connectivity index (χ0v) is 36.3. The molecule has 2 aromatic carbocycles. The van der Waals surface area contributed by atoms with Crippen molar-refractivity contribution in [2.24, 2.45) is 11.8 Å². The van der Waals surface area contributed by atoms with Crippen LogP contribution in [0.5, 0.6) is 11.8 Å². The normalized spacial score (nSPS) is 22.9. The Balaban J connectivity index is 0.000000165. The van der Waals surface area contributed by atoms with Gasteiger partial charge in [-0.3, -0.25) is 4.79 Å². The van der Waals surface area contributed by atoms with E-state index in [9.17, 15) is 25.2 Å². The predicted octanol–water partition coefficient (Wildman–Crippen LogP) is 5.35. The minimum Gasteiger partial charge on any atom is -0.480 e. The monoisotopic (exact) mass is 880 g/mol. The van der Waals surface area contributed by atoms with E-state index in [0.717, 1.165) is 69.4 Å². The number of amides is 1. The molecule has 2 fully saturated rings. The number of aliphatic hydroxyl groups is 4. The average molecular weight is 881 g/mol. The number of fused-ring (bicyclic) bond motifs is 4. The third-order valence-electron chi connectivity index (χ3n) is 13.0. The second kappa shape index (κ2) is 18.4. The number of hydrogen-bond acceptors (Lipinski definition) is 14. The zero-order valence-electron chi connectivity index (χ0n) is 36.3. The van der Waals surface area contributed by atoms with E-state index in [1.807, 2.05) is 70.1 Å². The number of nitrogens with two attached hydrogens (primary N) is 1. The van der Waals surface area contributed by atoms with Crippen LogP contribution in [0.4, 0.5) is 11.6 Å². The van der Waals surface area contributed by atoms with Crippen molar-refractivity contribution in [3.05, 3.63) is 109 Å². The molecule has 2 saturated carbocycles. The topological polar surface area (TPSA) is 242 Å². The van der Waals surface area contributed by atoms with Crippen LogP contribution in [0.2, 0.25) is 0 Å². The molecule has 6 heterocycles. The summed E-state index contributed by atoms with van der Waals surface area (Å²) in [6, 6.07) is 22.9. The predicted molar refractivity (Wildman–Crippen MR) is 245 cm³/mol. The van der Waals surface area contributed by atoms with E-state index >= 15 is 0 Å². The Bertz CT molecular complexity index is 2990. The van der Waals surface area contributed by atoms with Crippen LogP contribution in [0.3, 0.4) is 0 Å². The number of nitrogens with zero attached hydrogens (tertiary/aromatic N) is 8. The first-order valence-corrected chi connectivity index (χ1v) is 21.8. The van der Waals surface area contributed by atoms with Crippen molar-refractivity contribution in [2.45, 2.75) is 81.9 Å². The number of carbonyl (C=O) groups excluding carboxylic acids is 1. The standard InChI is InChI=1S/C25H27N5O4.C23H25N5O3/c1-14(31)28-21-8-7-16-5-3-15(11-19(16)29-21)4-6-17-12-20(23(33)22(17)32)30-10-9-18-24(30)26-13-27-25(18)34-2;1-31-23-16-8-9-28(22(16)25-12-26-23)18-11-15(20(29)21(18)30)5-3-13-2-4-14-6-7-19(24)27-17(14)10-13/h3,5,7-11,13,17,20,22-23,32-33H,4,6,12H2,1-2H3,(H,28,29,31);2,4,6-10,12,15,18,20-21,29-30H,3,5,11H2,1H3,(H2,24,27)/t17-,20+,22+,23-;15-,18+,20+,21-/m00/s1. The van der Waals surface area contributed by atoms with Crippen LogP contribution in [0, 0.1) is 11.8 Å². The largest absolute Gasteiger partial charge is 0.480 e. The molecule has 17 nitrogen and oxygen atoms in total. The van der Waals surface area contributed by atoms with Crippen molar-refractivity contribution < 1.29 is 34.7 Å². The SMILES string of the molecule is COc1ncnc2c1ccn2[C@@H]1C[C@H](CCc2ccc3ccc(N)nc3c2)[C@@H](O)[C@H]1O.COc1ncnc2c1ccn2[C@@H]1C[C@H](CCc2ccc3ccc(NC(C)=O)nc3c2)[C@@H](O)[C@H]1O. The number of aliphatic hydroxyl groups excluding tert-OH is 4. The van der Waals surface area contributed by atoms with Gasteiger partial charge in [0.1, 0.15) is 47.8 Å². The van der Waals surface area contributed by atoms with Crippen LogP contribution >= 0.6 is 0 Å². The van der Waals surface area contributed by atoms with Gasteiger partial charge in [0.05, 0.1) is 60.3 Å². The lowest BCUT2D eigenvalue weighted by Gasteiger charge is -2.19. The summed E-state index contributed by atoms with van der Waals surface area (Å²) in [7, 11) is 3.13. The molecular formula is C48H52N10O7. The number of methoxy groups -OCH3 is 2. The van der Waals surface area contributed by atoms with Gasteiger partial charge in [-0.1, -0.05) is 24.3 Å². The number of hydrogen-bond donors (Lipinski definition) is 6. The number of benzene rings is 2. The van der Waals surface area contributed by atoms with Crippen LogP contribution in [0.1, 0.15) is 55.8 Å². The molecule has 8 aromatic rings. The summed E-state index contributed by atoms with van der Waals surface area (Å²) < 4.78 is 14.5. The summed E-state index contributed by atoms with van der Waals surface area (Å²) in [4.78, 5) is 37.3. The average Bonchev–Trinajstić information content (AvgIpc) is 4.08. The number of pyridine rings is 2. The molecule has 0 bridgehead atoms. The summed E-state index contributed by atoms with van der Waals surface area (Å²) in [5.74, 6) is 1.77. The van der Waals surface area contributed by atoms with Gasteiger partial charge in [0.2, 0.25) is 17.7 Å². The lowest BCUT2D eigenvalue weighted by Crippen LogP contribution is -2.29. The third kappa shape index (κ3) is 8.75. The van der Waals surface area contributed by atoms with Crippen molar-refractivity contribution in [3.63, 3.8) is 0 Å². The molecular weight excluding hydrogens is 829 g/mol. The Morgan fingerprint density at radius 2 is 1.14 bits per heavy atom.